The van der Waals surface area contributed by atoms with Gasteiger partial charge in [-0.1, -0.05) is 111 Å². The van der Waals surface area contributed by atoms with Gasteiger partial charge in [-0.15, -0.1) is 0 Å². The lowest BCUT2D eigenvalue weighted by molar-refractivity contribution is 0.477. The molecule has 4 nitrogen and oxygen atoms in total. The van der Waals surface area contributed by atoms with E-state index < -0.39 is 55.7 Å². The number of aryl methyl sites for hydroxylation is 1. The summed E-state index contributed by atoms with van der Waals surface area (Å²) in [6, 6.07) is 30.8. The molecule has 0 saturated heterocycles. The third-order valence-electron chi connectivity index (χ3n) is 9.38. The van der Waals surface area contributed by atoms with Crippen molar-refractivity contribution in [2.75, 3.05) is 0 Å². The topological polar surface area (TPSA) is 50.9 Å². The van der Waals surface area contributed by atoms with Crippen LogP contribution in [0.5, 0.6) is 5.75 Å². The second-order valence-electron chi connectivity index (χ2n) is 14.0. The maximum atomic E-state index is 11.3. The Morgan fingerprint density at radius 1 is 0.642 bits per heavy atom. The van der Waals surface area contributed by atoms with Crippen molar-refractivity contribution in [3.63, 3.8) is 0 Å². The van der Waals surface area contributed by atoms with Gasteiger partial charge in [0.05, 0.1) is 27.8 Å². The summed E-state index contributed by atoms with van der Waals surface area (Å²) in [5.41, 5.74) is 4.23. The van der Waals surface area contributed by atoms with Crippen LogP contribution < -0.4 is 0 Å². The van der Waals surface area contributed by atoms with Crippen LogP contribution in [-0.4, -0.2) is 19.6 Å². The Kier molecular flexibility index (Phi) is 5.54. The highest BCUT2D eigenvalue weighted by Gasteiger charge is 2.23. The molecule has 8 rings (SSSR count). The number of phenols is 1. The first-order valence-corrected chi connectivity index (χ1v) is 17.1. The number of hydrogen-bond acceptors (Lipinski definition) is 3. The van der Waals surface area contributed by atoms with Gasteiger partial charge in [0.25, 0.3) is 0 Å². The molecule has 0 radical (unpaired) electrons. The highest BCUT2D eigenvalue weighted by atomic mass is 16.3. The van der Waals surface area contributed by atoms with Crippen LogP contribution in [-0.2, 0) is 5.41 Å². The Morgan fingerprint density at radius 3 is 2.17 bits per heavy atom. The number of pyridine rings is 1. The summed E-state index contributed by atoms with van der Waals surface area (Å²) in [5, 5.41) is 11.3. The van der Waals surface area contributed by atoms with Gasteiger partial charge in [-0.05, 0) is 125 Å². The molecule has 0 bridgehead atoms. The number of aromatic nitrogens is 3. The molecular weight excluding hydrogens is 647 g/mol. The Hall–Kier alpha value is -6.26. The summed E-state index contributed by atoms with van der Waals surface area (Å²) in [4.78, 5) is 9.86. The predicted molar refractivity (Wildman–Crippen MR) is 221 cm³/mol. The molecule has 0 atom stereocenters. The molecule has 1 N–H and O–H groups in total. The van der Waals surface area contributed by atoms with Gasteiger partial charge in [-0.2, -0.15) is 0 Å². The van der Waals surface area contributed by atoms with E-state index in [0.717, 1.165) is 5.56 Å². The number of para-hydroxylation sites is 2. The maximum absolute atomic E-state index is 11.3. The predicted octanol–water partition coefficient (Wildman–Crippen LogP) is 12.7. The lowest BCUT2D eigenvalue weighted by Gasteiger charge is -2.22. The van der Waals surface area contributed by atoms with Crippen LogP contribution in [0.15, 0.2) is 146 Å². The Labute approximate surface area is 330 Å². The highest BCUT2D eigenvalue weighted by Crippen LogP contribution is 2.41. The van der Waals surface area contributed by atoms with Gasteiger partial charge >= 0.3 is 0 Å². The van der Waals surface area contributed by atoms with Crippen molar-refractivity contribution in [1.29, 1.82) is 0 Å². The van der Waals surface area contributed by atoms with E-state index in [1.165, 1.54) is 18.3 Å². The van der Waals surface area contributed by atoms with Crippen molar-refractivity contribution in [3.8, 4) is 67.5 Å². The van der Waals surface area contributed by atoms with Gasteiger partial charge in [-0.25, -0.2) is 4.98 Å². The SMILES string of the molecule is [2H]c1c([2H])c(C([2H])([2H])[2H])c([2H])c([2H])c1-c1ccnc(-c2cc(-c3cccc4c3nc(-c3ccccc3O)n4-c3cc(-c4ccccc4)c(C([2H])([2H])[2H])c(C([2H])([2H])[2H])c3)cc(C(C)(C)C)c2)c1. The van der Waals surface area contributed by atoms with E-state index in [4.69, 9.17) is 22.8 Å². The average Bonchev–Trinajstić information content (AvgIpc) is 3.64. The van der Waals surface area contributed by atoms with Crippen LogP contribution in [0.4, 0.5) is 0 Å². The lowest BCUT2D eigenvalue weighted by Crippen LogP contribution is -2.11. The largest absolute Gasteiger partial charge is 0.507 e. The van der Waals surface area contributed by atoms with Crippen LogP contribution in [0, 0.1) is 20.6 Å². The van der Waals surface area contributed by atoms with E-state index in [1.807, 2.05) is 36.4 Å². The molecule has 0 amide bonds. The van der Waals surface area contributed by atoms with E-state index in [2.05, 4.69) is 25.8 Å². The summed E-state index contributed by atoms with van der Waals surface area (Å²) >= 11 is 0. The first kappa shape index (κ1) is 22.0. The summed E-state index contributed by atoms with van der Waals surface area (Å²) in [6.45, 7) is -2.33. The van der Waals surface area contributed by atoms with Crippen LogP contribution in [0.25, 0.3) is 72.7 Å². The molecule has 0 aliphatic rings. The second kappa shape index (κ2) is 13.4. The fourth-order valence-electron chi connectivity index (χ4n) is 6.60. The zero-order valence-electron chi connectivity index (χ0n) is 42.3. The number of phenolic OH excluding ortho intramolecular Hbond substituents is 1. The second-order valence-corrected chi connectivity index (χ2v) is 14.0. The first-order valence-electron chi connectivity index (χ1n) is 23.6. The van der Waals surface area contributed by atoms with E-state index in [9.17, 15) is 5.11 Å². The zero-order chi connectivity index (χ0) is 47.8. The summed E-state index contributed by atoms with van der Waals surface area (Å²) in [7, 11) is 0. The average molecular weight is 703 g/mol. The molecule has 4 heteroatoms. The Bertz CT molecular complexity index is 3170. The smallest absolute Gasteiger partial charge is 0.149 e. The Morgan fingerprint density at radius 2 is 1.42 bits per heavy atom. The number of rotatable bonds is 6. The van der Waals surface area contributed by atoms with Crippen molar-refractivity contribution in [2.24, 2.45) is 0 Å². The van der Waals surface area contributed by atoms with Gasteiger partial charge in [-0.3, -0.25) is 9.55 Å². The fourth-order valence-corrected chi connectivity index (χ4v) is 6.60. The summed E-state index contributed by atoms with van der Waals surface area (Å²) in [5.74, 6) is 0.172. The van der Waals surface area contributed by atoms with Crippen LogP contribution in [0.3, 0.4) is 0 Å². The van der Waals surface area contributed by atoms with Crippen LogP contribution in [0.1, 0.15) is 60.8 Å². The van der Waals surface area contributed by atoms with Gasteiger partial charge in [0.2, 0.25) is 0 Å². The molecule has 2 heterocycles. The number of benzene rings is 6. The van der Waals surface area contributed by atoms with Gasteiger partial charge in [0.1, 0.15) is 11.6 Å². The van der Waals surface area contributed by atoms with Crippen molar-refractivity contribution in [2.45, 2.75) is 46.7 Å². The van der Waals surface area contributed by atoms with Gasteiger partial charge in [0, 0.05) is 35.3 Å². The number of fused-ring (bicyclic) bond motifs is 1. The summed E-state index contributed by atoms with van der Waals surface area (Å²) in [6.07, 6.45) is 1.49. The number of imidazole rings is 1. The van der Waals surface area contributed by atoms with E-state index in [1.54, 1.807) is 71.3 Å². The quantitative estimate of drug-likeness (QED) is 0.188. The third-order valence-corrected chi connectivity index (χ3v) is 9.38. The van der Waals surface area contributed by atoms with E-state index in [0.29, 0.717) is 55.8 Å². The standard InChI is InChI=1S/C49H43N3O/c1-31-19-21-34(22-20-31)36-23-24-50-44(29-36)38-26-37(27-39(28-38)49(4,5)6)41-16-12-17-45-47(41)51-48(42-15-10-11-18-46(42)53)52(45)40-25-32(2)33(3)43(30-40)35-13-8-7-9-14-35/h7-30,53H,1-6H3/i1D3,2D3,3D3,19D,20D,21D,22D. The van der Waals surface area contributed by atoms with E-state index >= 15 is 0 Å². The Balaban J connectivity index is 1.40. The molecule has 260 valence electrons. The van der Waals surface area contributed by atoms with Crippen molar-refractivity contribution in [1.82, 2.24) is 14.5 Å². The normalized spacial score (nSPS) is 15.9. The van der Waals surface area contributed by atoms with Gasteiger partial charge in [0.15, 0.2) is 0 Å². The summed E-state index contributed by atoms with van der Waals surface area (Å²) < 4.78 is 111. The minimum Gasteiger partial charge on any atom is -0.507 e. The van der Waals surface area contributed by atoms with E-state index in [-0.39, 0.29) is 33.8 Å². The van der Waals surface area contributed by atoms with Crippen molar-refractivity contribution >= 4 is 11.0 Å². The van der Waals surface area contributed by atoms with Gasteiger partial charge < -0.3 is 5.11 Å². The molecular formula is C49H43N3O. The maximum Gasteiger partial charge on any atom is 0.149 e. The molecule has 8 aromatic rings. The molecule has 0 aliphatic heterocycles. The molecule has 0 saturated carbocycles. The monoisotopic (exact) mass is 702 g/mol. The van der Waals surface area contributed by atoms with Crippen LogP contribution >= 0.6 is 0 Å². The number of hydrogen-bond donors (Lipinski definition) is 1. The molecule has 0 spiro atoms. The first-order chi connectivity index (χ1) is 30.9. The van der Waals surface area contributed by atoms with Crippen molar-refractivity contribution in [3.05, 3.63) is 168 Å². The molecule has 0 aliphatic carbocycles. The highest BCUT2D eigenvalue weighted by molar-refractivity contribution is 5.97. The number of aromatic hydroxyl groups is 1. The molecule has 6 aromatic carbocycles. The zero-order valence-corrected chi connectivity index (χ0v) is 29.3. The van der Waals surface area contributed by atoms with Crippen LogP contribution in [0.2, 0.25) is 0 Å². The van der Waals surface area contributed by atoms with Crippen molar-refractivity contribution < 1.29 is 22.9 Å². The molecule has 0 fully saturated rings. The molecule has 2 aromatic heterocycles. The minimum atomic E-state index is -2.86. The minimum absolute atomic E-state index is 0.0650. The fraction of sp³-hybridized carbons (Fsp3) is 0.143. The number of nitrogens with zero attached hydrogens (tertiary/aromatic N) is 3. The third kappa shape index (κ3) is 6.42. The lowest BCUT2D eigenvalue weighted by atomic mass is 9.83. The molecule has 53 heavy (non-hydrogen) atoms. The molecule has 0 unspecified atom stereocenters.